The summed E-state index contributed by atoms with van der Waals surface area (Å²) in [4.78, 5) is 0. The third kappa shape index (κ3) is 1.70. The van der Waals surface area contributed by atoms with Crippen molar-refractivity contribution in [3.63, 3.8) is 0 Å². The van der Waals surface area contributed by atoms with Crippen LogP contribution in [0.4, 0.5) is 0 Å². The van der Waals surface area contributed by atoms with Crippen LogP contribution < -0.4 is 10.5 Å². The molecule has 96 valence electrons. The van der Waals surface area contributed by atoms with Crippen molar-refractivity contribution in [2.75, 3.05) is 13.7 Å². The molecule has 0 atom stereocenters. The molecule has 1 aromatic heterocycles. The SMILES string of the molecule is COc1ccc2c3c(n(CCN)c2c1)CCCC3. The highest BCUT2D eigenvalue weighted by Gasteiger charge is 2.19. The fourth-order valence-electron chi connectivity index (χ4n) is 3.12. The lowest BCUT2D eigenvalue weighted by Crippen LogP contribution is -2.14. The maximum absolute atomic E-state index is 5.76. The first-order chi connectivity index (χ1) is 8.85. The quantitative estimate of drug-likeness (QED) is 0.901. The number of hydrogen-bond donors (Lipinski definition) is 1. The predicted octanol–water partition coefficient (Wildman–Crippen LogP) is 2.49. The summed E-state index contributed by atoms with van der Waals surface area (Å²) >= 11 is 0. The van der Waals surface area contributed by atoms with Gasteiger partial charge < -0.3 is 15.0 Å². The van der Waals surface area contributed by atoms with Crippen LogP contribution in [0.5, 0.6) is 5.75 Å². The molecule has 0 amide bonds. The first kappa shape index (κ1) is 11.6. The minimum absolute atomic E-state index is 0.688. The number of aryl methyl sites for hydroxylation is 1. The van der Waals surface area contributed by atoms with Crippen molar-refractivity contribution in [1.29, 1.82) is 0 Å². The molecule has 1 heterocycles. The molecule has 0 unspecified atom stereocenters. The van der Waals surface area contributed by atoms with Gasteiger partial charge in [-0.1, -0.05) is 0 Å². The molecule has 1 aliphatic carbocycles. The van der Waals surface area contributed by atoms with E-state index >= 15 is 0 Å². The number of benzene rings is 1. The van der Waals surface area contributed by atoms with Gasteiger partial charge >= 0.3 is 0 Å². The first-order valence-electron chi connectivity index (χ1n) is 6.73. The molecule has 0 fully saturated rings. The van der Waals surface area contributed by atoms with Crippen molar-refractivity contribution in [1.82, 2.24) is 4.57 Å². The summed E-state index contributed by atoms with van der Waals surface area (Å²) in [6.45, 7) is 1.59. The summed E-state index contributed by atoms with van der Waals surface area (Å²) in [5, 5.41) is 1.39. The fraction of sp³-hybridized carbons (Fsp3) is 0.467. The molecule has 2 aromatic rings. The Labute approximate surface area is 108 Å². The Hall–Kier alpha value is -1.48. The van der Waals surface area contributed by atoms with Crippen molar-refractivity contribution < 1.29 is 4.74 Å². The summed E-state index contributed by atoms with van der Waals surface area (Å²) in [5.74, 6) is 0.926. The van der Waals surface area contributed by atoms with Crippen LogP contribution in [0.3, 0.4) is 0 Å². The van der Waals surface area contributed by atoms with Crippen molar-refractivity contribution >= 4 is 10.9 Å². The minimum Gasteiger partial charge on any atom is -0.497 e. The molecule has 3 rings (SSSR count). The van der Waals surface area contributed by atoms with Crippen LogP contribution >= 0.6 is 0 Å². The second-order valence-electron chi connectivity index (χ2n) is 4.96. The van der Waals surface area contributed by atoms with E-state index in [1.807, 2.05) is 0 Å². The Morgan fingerprint density at radius 2 is 2.11 bits per heavy atom. The van der Waals surface area contributed by atoms with Crippen LogP contribution in [-0.4, -0.2) is 18.2 Å². The van der Waals surface area contributed by atoms with Crippen LogP contribution in [0, 0.1) is 0 Å². The highest BCUT2D eigenvalue weighted by molar-refractivity contribution is 5.87. The van der Waals surface area contributed by atoms with E-state index in [9.17, 15) is 0 Å². The van der Waals surface area contributed by atoms with E-state index in [4.69, 9.17) is 10.5 Å². The summed E-state index contributed by atoms with van der Waals surface area (Å²) in [6, 6.07) is 6.40. The Morgan fingerprint density at radius 3 is 2.89 bits per heavy atom. The first-order valence-corrected chi connectivity index (χ1v) is 6.73. The van der Waals surface area contributed by atoms with Crippen molar-refractivity contribution in [3.8, 4) is 5.75 Å². The monoisotopic (exact) mass is 244 g/mol. The lowest BCUT2D eigenvalue weighted by Gasteiger charge is -2.15. The van der Waals surface area contributed by atoms with E-state index < -0.39 is 0 Å². The van der Waals surface area contributed by atoms with Crippen LogP contribution in [0.2, 0.25) is 0 Å². The average Bonchev–Trinajstić information content (AvgIpc) is 2.73. The van der Waals surface area contributed by atoms with Gasteiger partial charge in [-0.05, 0) is 43.4 Å². The molecule has 3 heteroatoms. The number of fused-ring (bicyclic) bond motifs is 3. The summed E-state index contributed by atoms with van der Waals surface area (Å²) < 4.78 is 7.74. The smallest absolute Gasteiger partial charge is 0.120 e. The Kier molecular flexibility index (Phi) is 3.00. The van der Waals surface area contributed by atoms with Crippen LogP contribution in [0.15, 0.2) is 18.2 Å². The van der Waals surface area contributed by atoms with Gasteiger partial charge in [0.1, 0.15) is 5.75 Å². The van der Waals surface area contributed by atoms with Gasteiger partial charge in [-0.2, -0.15) is 0 Å². The molecule has 3 nitrogen and oxygen atoms in total. The third-order valence-corrected chi connectivity index (χ3v) is 3.94. The maximum Gasteiger partial charge on any atom is 0.120 e. The fourth-order valence-corrected chi connectivity index (χ4v) is 3.12. The third-order valence-electron chi connectivity index (χ3n) is 3.94. The molecule has 1 aliphatic rings. The molecule has 0 saturated carbocycles. The molecule has 0 spiro atoms. The molecular weight excluding hydrogens is 224 g/mol. The Balaban J connectivity index is 2.25. The van der Waals surface area contributed by atoms with Crippen LogP contribution in [0.1, 0.15) is 24.1 Å². The Morgan fingerprint density at radius 1 is 1.28 bits per heavy atom. The lowest BCUT2D eigenvalue weighted by molar-refractivity contribution is 0.415. The number of methoxy groups -OCH3 is 1. The lowest BCUT2D eigenvalue weighted by atomic mass is 9.95. The second kappa shape index (κ2) is 4.65. The highest BCUT2D eigenvalue weighted by Crippen LogP contribution is 2.33. The molecule has 1 aromatic carbocycles. The summed E-state index contributed by atoms with van der Waals surface area (Å²) in [7, 11) is 1.72. The molecule has 0 saturated heterocycles. The van der Waals surface area contributed by atoms with Crippen molar-refractivity contribution in [2.45, 2.75) is 32.2 Å². The number of hydrogen-bond acceptors (Lipinski definition) is 2. The molecular formula is C15H20N2O. The number of aromatic nitrogens is 1. The van der Waals surface area contributed by atoms with Crippen LogP contribution in [-0.2, 0) is 19.4 Å². The van der Waals surface area contributed by atoms with E-state index in [2.05, 4.69) is 22.8 Å². The van der Waals surface area contributed by atoms with Gasteiger partial charge in [0.15, 0.2) is 0 Å². The normalized spacial score (nSPS) is 14.8. The average molecular weight is 244 g/mol. The zero-order valence-corrected chi connectivity index (χ0v) is 10.9. The van der Waals surface area contributed by atoms with Gasteiger partial charge in [0, 0.05) is 30.2 Å². The second-order valence-corrected chi connectivity index (χ2v) is 4.96. The predicted molar refractivity (Wildman–Crippen MR) is 74.2 cm³/mol. The van der Waals surface area contributed by atoms with Crippen molar-refractivity contribution in [3.05, 3.63) is 29.5 Å². The molecule has 0 bridgehead atoms. The number of ether oxygens (including phenoxy) is 1. The zero-order chi connectivity index (χ0) is 12.5. The van der Waals surface area contributed by atoms with E-state index in [0.29, 0.717) is 6.54 Å². The summed E-state index contributed by atoms with van der Waals surface area (Å²) in [5.41, 5.74) is 10.1. The molecule has 2 N–H and O–H groups in total. The standard InChI is InChI=1S/C15H20N2O/c1-18-11-6-7-13-12-4-2-3-5-14(12)17(9-8-16)15(13)10-11/h6-7,10H,2-5,8-9,16H2,1H3. The van der Waals surface area contributed by atoms with E-state index in [0.717, 1.165) is 12.3 Å². The van der Waals surface area contributed by atoms with Gasteiger partial charge in [-0.3, -0.25) is 0 Å². The largest absolute Gasteiger partial charge is 0.497 e. The molecule has 18 heavy (non-hydrogen) atoms. The van der Waals surface area contributed by atoms with E-state index in [-0.39, 0.29) is 0 Å². The van der Waals surface area contributed by atoms with Gasteiger partial charge in [-0.15, -0.1) is 0 Å². The molecule has 0 aliphatic heterocycles. The van der Waals surface area contributed by atoms with E-state index in [1.54, 1.807) is 7.11 Å². The van der Waals surface area contributed by atoms with Gasteiger partial charge in [-0.25, -0.2) is 0 Å². The highest BCUT2D eigenvalue weighted by atomic mass is 16.5. The van der Waals surface area contributed by atoms with Gasteiger partial charge in [0.25, 0.3) is 0 Å². The van der Waals surface area contributed by atoms with E-state index in [1.165, 1.54) is 47.8 Å². The maximum atomic E-state index is 5.76. The van der Waals surface area contributed by atoms with Gasteiger partial charge in [0.2, 0.25) is 0 Å². The Bertz CT molecular complexity index is 571. The number of rotatable bonds is 3. The zero-order valence-electron chi connectivity index (χ0n) is 10.9. The van der Waals surface area contributed by atoms with Crippen molar-refractivity contribution in [2.24, 2.45) is 5.73 Å². The summed E-state index contributed by atoms with van der Waals surface area (Å²) in [6.07, 6.45) is 4.99. The molecule has 0 radical (unpaired) electrons. The van der Waals surface area contributed by atoms with Gasteiger partial charge in [0.05, 0.1) is 12.6 Å². The van der Waals surface area contributed by atoms with Crippen LogP contribution in [0.25, 0.3) is 10.9 Å². The number of nitrogens with two attached hydrogens (primary N) is 1. The minimum atomic E-state index is 0.688. The topological polar surface area (TPSA) is 40.2 Å². The number of nitrogens with zero attached hydrogens (tertiary/aromatic N) is 1.